The minimum Gasteiger partial charge on any atom is -0.395 e. The Balaban J connectivity index is 3.05. The highest BCUT2D eigenvalue weighted by atomic mass is 16.3. The second-order valence-corrected chi connectivity index (χ2v) is 4.46. The minimum atomic E-state index is -0.190. The summed E-state index contributed by atoms with van der Waals surface area (Å²) < 4.78 is 0. The summed E-state index contributed by atoms with van der Waals surface area (Å²) >= 11 is 0. The van der Waals surface area contributed by atoms with Gasteiger partial charge < -0.3 is 10.8 Å². The molecule has 0 aliphatic carbocycles. The molecule has 1 rings (SSSR count). The summed E-state index contributed by atoms with van der Waals surface area (Å²) in [4.78, 5) is 0. The summed E-state index contributed by atoms with van der Waals surface area (Å²) in [6, 6.07) is 8.15. The molecule has 0 heterocycles. The lowest BCUT2D eigenvalue weighted by Gasteiger charge is -2.23. The molecule has 0 radical (unpaired) electrons. The molecule has 78 valence electrons. The Labute approximate surface area is 85.8 Å². The summed E-state index contributed by atoms with van der Waals surface area (Å²) in [6.45, 7) is 6.15. The van der Waals surface area contributed by atoms with Crippen molar-refractivity contribution in [3.8, 4) is 0 Å². The fourth-order valence-corrected chi connectivity index (χ4v) is 1.33. The van der Waals surface area contributed by atoms with Crippen LogP contribution in [0.5, 0.6) is 0 Å². The van der Waals surface area contributed by atoms with E-state index in [1.165, 1.54) is 0 Å². The molecule has 0 aromatic heterocycles. The normalized spacial score (nSPS) is 14.1. The molecule has 14 heavy (non-hydrogen) atoms. The molecule has 2 heteroatoms. The molecule has 0 fully saturated rings. The quantitative estimate of drug-likeness (QED) is 0.771. The fraction of sp³-hybridized carbons (Fsp3) is 0.500. The van der Waals surface area contributed by atoms with Crippen LogP contribution in [-0.4, -0.2) is 11.7 Å². The van der Waals surface area contributed by atoms with E-state index in [4.69, 9.17) is 5.73 Å². The third-order valence-electron chi connectivity index (χ3n) is 2.59. The minimum absolute atomic E-state index is 0.0458. The van der Waals surface area contributed by atoms with Gasteiger partial charge >= 0.3 is 0 Å². The molecule has 3 N–H and O–H groups in total. The predicted octanol–water partition coefficient (Wildman–Crippen LogP) is 1.98. The van der Waals surface area contributed by atoms with Gasteiger partial charge in [-0.05, 0) is 18.1 Å². The molecule has 0 saturated carbocycles. The van der Waals surface area contributed by atoms with Gasteiger partial charge in [0.1, 0.15) is 0 Å². The SMILES string of the molecule is C[C@@H](N)c1cccc(C(C)(C)CO)c1. The zero-order valence-corrected chi connectivity index (χ0v) is 9.12. The van der Waals surface area contributed by atoms with Crippen molar-refractivity contribution < 1.29 is 5.11 Å². The molecule has 0 bridgehead atoms. The molecular formula is C12H19NO. The molecule has 1 atom stereocenters. The summed E-state index contributed by atoms with van der Waals surface area (Å²) in [5.41, 5.74) is 7.86. The van der Waals surface area contributed by atoms with E-state index in [1.807, 2.05) is 39.0 Å². The van der Waals surface area contributed by atoms with Crippen LogP contribution >= 0.6 is 0 Å². The van der Waals surface area contributed by atoms with E-state index in [0.29, 0.717) is 0 Å². The first kappa shape index (κ1) is 11.2. The van der Waals surface area contributed by atoms with Crippen LogP contribution in [0.25, 0.3) is 0 Å². The van der Waals surface area contributed by atoms with E-state index < -0.39 is 0 Å². The zero-order chi connectivity index (χ0) is 10.8. The molecule has 0 unspecified atom stereocenters. The predicted molar refractivity (Wildman–Crippen MR) is 59.2 cm³/mol. The molecule has 0 saturated heterocycles. The Kier molecular flexibility index (Phi) is 3.29. The van der Waals surface area contributed by atoms with Gasteiger partial charge in [-0.2, -0.15) is 0 Å². The monoisotopic (exact) mass is 193 g/mol. The number of benzene rings is 1. The van der Waals surface area contributed by atoms with Crippen LogP contribution in [0.2, 0.25) is 0 Å². The van der Waals surface area contributed by atoms with Crippen LogP contribution in [0.3, 0.4) is 0 Å². The lowest BCUT2D eigenvalue weighted by atomic mass is 9.84. The highest BCUT2D eigenvalue weighted by Gasteiger charge is 2.19. The van der Waals surface area contributed by atoms with Crippen LogP contribution < -0.4 is 5.73 Å². The van der Waals surface area contributed by atoms with Crippen molar-refractivity contribution in [2.24, 2.45) is 5.73 Å². The van der Waals surface area contributed by atoms with Crippen molar-refractivity contribution in [3.05, 3.63) is 35.4 Å². The molecule has 1 aromatic rings. The Morgan fingerprint density at radius 3 is 2.57 bits per heavy atom. The molecule has 1 aromatic carbocycles. The maximum absolute atomic E-state index is 9.25. The first-order valence-electron chi connectivity index (χ1n) is 4.94. The average Bonchev–Trinajstić information content (AvgIpc) is 2.18. The van der Waals surface area contributed by atoms with Gasteiger partial charge in [-0.25, -0.2) is 0 Å². The van der Waals surface area contributed by atoms with Crippen molar-refractivity contribution in [1.82, 2.24) is 0 Å². The third-order valence-corrected chi connectivity index (χ3v) is 2.59. The topological polar surface area (TPSA) is 46.2 Å². The number of aliphatic hydroxyl groups is 1. The van der Waals surface area contributed by atoms with Gasteiger partial charge in [0.05, 0.1) is 6.61 Å². The van der Waals surface area contributed by atoms with Crippen LogP contribution in [-0.2, 0) is 5.41 Å². The average molecular weight is 193 g/mol. The number of nitrogens with two attached hydrogens (primary N) is 1. The number of aliphatic hydroxyl groups excluding tert-OH is 1. The van der Waals surface area contributed by atoms with Gasteiger partial charge in [-0.15, -0.1) is 0 Å². The van der Waals surface area contributed by atoms with Gasteiger partial charge in [0, 0.05) is 11.5 Å². The standard InChI is InChI=1S/C12H19NO/c1-9(13)10-5-4-6-11(7-10)12(2,3)8-14/h4-7,9,14H,8,13H2,1-3H3/t9-/m1/s1. The molecule has 0 aliphatic heterocycles. The number of rotatable bonds is 3. The molecular weight excluding hydrogens is 174 g/mol. The van der Waals surface area contributed by atoms with Gasteiger partial charge in [-0.1, -0.05) is 38.1 Å². The lowest BCUT2D eigenvalue weighted by molar-refractivity contribution is 0.218. The third kappa shape index (κ3) is 2.34. The van der Waals surface area contributed by atoms with Crippen LogP contribution in [0, 0.1) is 0 Å². The van der Waals surface area contributed by atoms with Crippen LogP contribution in [0.1, 0.15) is 37.9 Å². The van der Waals surface area contributed by atoms with Gasteiger partial charge in [0.2, 0.25) is 0 Å². The second-order valence-electron chi connectivity index (χ2n) is 4.46. The lowest BCUT2D eigenvalue weighted by Crippen LogP contribution is -2.22. The van der Waals surface area contributed by atoms with Crippen molar-refractivity contribution in [2.75, 3.05) is 6.61 Å². The maximum Gasteiger partial charge on any atom is 0.0522 e. The van der Waals surface area contributed by atoms with E-state index in [0.717, 1.165) is 11.1 Å². The smallest absolute Gasteiger partial charge is 0.0522 e. The first-order chi connectivity index (χ1) is 6.47. The Hall–Kier alpha value is -0.860. The highest BCUT2D eigenvalue weighted by Crippen LogP contribution is 2.24. The maximum atomic E-state index is 9.25. The Morgan fingerprint density at radius 2 is 2.07 bits per heavy atom. The van der Waals surface area contributed by atoms with E-state index in [9.17, 15) is 5.11 Å². The summed E-state index contributed by atoms with van der Waals surface area (Å²) in [5, 5.41) is 9.25. The molecule has 0 spiro atoms. The largest absolute Gasteiger partial charge is 0.395 e. The van der Waals surface area contributed by atoms with Crippen molar-refractivity contribution >= 4 is 0 Å². The second kappa shape index (κ2) is 4.11. The summed E-state index contributed by atoms with van der Waals surface area (Å²) in [7, 11) is 0. The van der Waals surface area contributed by atoms with E-state index in [-0.39, 0.29) is 18.1 Å². The van der Waals surface area contributed by atoms with Gasteiger partial charge in [0.25, 0.3) is 0 Å². The zero-order valence-electron chi connectivity index (χ0n) is 9.12. The van der Waals surface area contributed by atoms with Crippen molar-refractivity contribution in [1.29, 1.82) is 0 Å². The Bertz CT molecular complexity index is 305. The first-order valence-corrected chi connectivity index (χ1v) is 4.94. The van der Waals surface area contributed by atoms with Crippen molar-refractivity contribution in [3.63, 3.8) is 0 Å². The van der Waals surface area contributed by atoms with E-state index >= 15 is 0 Å². The number of hydrogen-bond acceptors (Lipinski definition) is 2. The summed E-state index contributed by atoms with van der Waals surface area (Å²) in [6.07, 6.45) is 0. The molecule has 0 amide bonds. The van der Waals surface area contributed by atoms with Crippen molar-refractivity contribution in [2.45, 2.75) is 32.2 Å². The van der Waals surface area contributed by atoms with Gasteiger partial charge in [0.15, 0.2) is 0 Å². The van der Waals surface area contributed by atoms with E-state index in [2.05, 4.69) is 6.07 Å². The summed E-state index contributed by atoms with van der Waals surface area (Å²) in [5.74, 6) is 0. The van der Waals surface area contributed by atoms with Crippen LogP contribution in [0.4, 0.5) is 0 Å². The van der Waals surface area contributed by atoms with Gasteiger partial charge in [-0.3, -0.25) is 0 Å². The van der Waals surface area contributed by atoms with E-state index in [1.54, 1.807) is 0 Å². The van der Waals surface area contributed by atoms with Crippen LogP contribution in [0.15, 0.2) is 24.3 Å². The molecule has 0 aliphatic rings. The molecule has 2 nitrogen and oxygen atoms in total. The number of hydrogen-bond donors (Lipinski definition) is 2. The highest BCUT2D eigenvalue weighted by molar-refractivity contribution is 5.30. The fourth-order valence-electron chi connectivity index (χ4n) is 1.33. The Morgan fingerprint density at radius 1 is 1.43 bits per heavy atom.